The molecular formula is C11H21NOS2. The Balaban J connectivity index is 2.17. The first-order valence-electron chi connectivity index (χ1n) is 5.73. The summed E-state index contributed by atoms with van der Waals surface area (Å²) in [7, 11) is 1.86. The molecule has 2 atom stereocenters. The molecule has 2 aliphatic rings. The predicted octanol–water partition coefficient (Wildman–Crippen LogP) is 2.69. The van der Waals surface area contributed by atoms with Crippen LogP contribution in [0.3, 0.4) is 0 Å². The van der Waals surface area contributed by atoms with Gasteiger partial charge in [-0.15, -0.1) is 23.5 Å². The normalized spacial score (nSPS) is 40.6. The van der Waals surface area contributed by atoms with Gasteiger partial charge < -0.3 is 10.1 Å². The molecule has 0 saturated carbocycles. The Kier molecular flexibility index (Phi) is 3.61. The van der Waals surface area contributed by atoms with Crippen molar-refractivity contribution in [1.29, 1.82) is 0 Å². The molecule has 0 aromatic heterocycles. The molecule has 0 aromatic carbocycles. The van der Waals surface area contributed by atoms with E-state index < -0.39 is 0 Å². The highest BCUT2D eigenvalue weighted by atomic mass is 32.2. The smallest absolute Gasteiger partial charge is 0.177 e. The van der Waals surface area contributed by atoms with Crippen molar-refractivity contribution < 1.29 is 4.74 Å². The molecule has 2 aliphatic heterocycles. The fourth-order valence-corrected chi connectivity index (χ4v) is 5.94. The minimum Gasteiger partial charge on any atom is -0.356 e. The lowest BCUT2D eigenvalue weighted by molar-refractivity contribution is 0.0707. The molecule has 2 rings (SSSR count). The monoisotopic (exact) mass is 247 g/mol. The first kappa shape index (κ1) is 12.1. The average Bonchev–Trinajstić information content (AvgIpc) is 2.61. The minimum absolute atomic E-state index is 0.0595. The van der Waals surface area contributed by atoms with E-state index in [-0.39, 0.29) is 9.80 Å². The maximum atomic E-state index is 5.88. The second-order valence-electron chi connectivity index (χ2n) is 4.73. The molecule has 2 fully saturated rings. The van der Waals surface area contributed by atoms with Crippen molar-refractivity contribution in [3.63, 3.8) is 0 Å². The fraction of sp³-hybridized carbons (Fsp3) is 1.00. The average molecular weight is 247 g/mol. The zero-order valence-electron chi connectivity index (χ0n) is 9.84. The van der Waals surface area contributed by atoms with Crippen LogP contribution in [0, 0.1) is 0 Å². The Morgan fingerprint density at radius 1 is 1.33 bits per heavy atom. The van der Waals surface area contributed by atoms with Crippen LogP contribution in [0.5, 0.6) is 0 Å². The molecule has 0 bridgehead atoms. The molecule has 4 heteroatoms. The maximum Gasteiger partial charge on any atom is 0.177 e. The molecule has 0 aliphatic carbocycles. The van der Waals surface area contributed by atoms with E-state index in [2.05, 4.69) is 19.2 Å². The summed E-state index contributed by atoms with van der Waals surface area (Å²) >= 11 is 3.97. The molecule has 2 heterocycles. The molecule has 1 N–H and O–H groups in total. The van der Waals surface area contributed by atoms with Gasteiger partial charge in [-0.05, 0) is 44.6 Å². The molecule has 2 saturated heterocycles. The topological polar surface area (TPSA) is 21.3 Å². The van der Waals surface area contributed by atoms with Crippen LogP contribution < -0.4 is 5.32 Å². The summed E-state index contributed by atoms with van der Waals surface area (Å²) in [5.74, 6) is 2.46. The summed E-state index contributed by atoms with van der Waals surface area (Å²) in [6.45, 7) is 4.60. The van der Waals surface area contributed by atoms with E-state index >= 15 is 0 Å². The molecule has 0 aromatic rings. The third kappa shape index (κ3) is 2.06. The lowest BCUT2D eigenvalue weighted by Crippen LogP contribution is -2.57. The van der Waals surface area contributed by atoms with Gasteiger partial charge in [0.25, 0.3) is 0 Å². The molecule has 0 spiro atoms. The Morgan fingerprint density at radius 2 is 2.00 bits per heavy atom. The SMILES string of the molecule is COC1([C@]2(C)CCC(C)N2)SCCCS1. The Hall–Kier alpha value is 0.620. The van der Waals surface area contributed by atoms with E-state index in [1.165, 1.54) is 30.8 Å². The number of nitrogens with one attached hydrogen (secondary N) is 1. The molecular weight excluding hydrogens is 226 g/mol. The highest BCUT2D eigenvalue weighted by Gasteiger charge is 2.53. The summed E-state index contributed by atoms with van der Waals surface area (Å²) in [5.41, 5.74) is 0.136. The van der Waals surface area contributed by atoms with E-state index in [9.17, 15) is 0 Å². The third-order valence-electron chi connectivity index (χ3n) is 3.46. The van der Waals surface area contributed by atoms with Crippen molar-refractivity contribution in [3.05, 3.63) is 0 Å². The predicted molar refractivity (Wildman–Crippen MR) is 69.5 cm³/mol. The molecule has 88 valence electrons. The van der Waals surface area contributed by atoms with Gasteiger partial charge in [0.15, 0.2) is 4.27 Å². The summed E-state index contributed by atoms with van der Waals surface area (Å²) in [6, 6.07) is 0.630. The third-order valence-corrected chi connectivity index (χ3v) is 7.15. The minimum atomic E-state index is -0.0595. The number of ether oxygens (including phenoxy) is 1. The molecule has 1 unspecified atom stereocenters. The molecule has 15 heavy (non-hydrogen) atoms. The van der Waals surface area contributed by atoms with Crippen LogP contribution in [-0.2, 0) is 4.74 Å². The van der Waals surface area contributed by atoms with Gasteiger partial charge in [0.2, 0.25) is 0 Å². The van der Waals surface area contributed by atoms with Crippen molar-refractivity contribution in [1.82, 2.24) is 5.32 Å². The van der Waals surface area contributed by atoms with Crippen molar-refractivity contribution in [3.8, 4) is 0 Å². The fourth-order valence-electron chi connectivity index (χ4n) is 2.61. The number of thioether (sulfide) groups is 2. The van der Waals surface area contributed by atoms with Gasteiger partial charge in [0, 0.05) is 13.2 Å². The quantitative estimate of drug-likeness (QED) is 0.809. The van der Waals surface area contributed by atoms with Crippen molar-refractivity contribution in [2.75, 3.05) is 18.6 Å². The van der Waals surface area contributed by atoms with Gasteiger partial charge in [0.1, 0.15) is 0 Å². The molecule has 0 amide bonds. The Morgan fingerprint density at radius 3 is 2.47 bits per heavy atom. The summed E-state index contributed by atoms with van der Waals surface area (Å²) < 4.78 is 5.82. The van der Waals surface area contributed by atoms with Gasteiger partial charge in [-0.3, -0.25) is 0 Å². The largest absolute Gasteiger partial charge is 0.356 e. The first-order chi connectivity index (χ1) is 7.12. The Labute approximate surface area is 101 Å². The number of hydrogen-bond donors (Lipinski definition) is 1. The van der Waals surface area contributed by atoms with Gasteiger partial charge in [-0.1, -0.05) is 0 Å². The lowest BCUT2D eigenvalue weighted by Gasteiger charge is -2.46. The van der Waals surface area contributed by atoms with Crippen LogP contribution in [0.2, 0.25) is 0 Å². The van der Waals surface area contributed by atoms with Crippen molar-refractivity contribution in [2.45, 2.75) is 49.0 Å². The van der Waals surface area contributed by atoms with Gasteiger partial charge in [-0.25, -0.2) is 0 Å². The molecule has 2 nitrogen and oxygen atoms in total. The van der Waals surface area contributed by atoms with E-state index in [4.69, 9.17) is 4.74 Å². The van der Waals surface area contributed by atoms with E-state index in [0.29, 0.717) is 6.04 Å². The van der Waals surface area contributed by atoms with E-state index in [1.54, 1.807) is 0 Å². The van der Waals surface area contributed by atoms with Crippen molar-refractivity contribution >= 4 is 23.5 Å². The number of methoxy groups -OCH3 is 1. The van der Waals surface area contributed by atoms with Crippen LogP contribution in [0.1, 0.15) is 33.1 Å². The second kappa shape index (κ2) is 4.47. The standard InChI is InChI=1S/C11H21NOS2/c1-9-5-6-10(2,12-9)11(13-3)14-7-4-8-15-11/h9,12H,4-8H2,1-3H3/t9?,10-/m0/s1. The summed E-state index contributed by atoms with van der Waals surface area (Å²) in [4.78, 5) is 0. The number of rotatable bonds is 2. The summed E-state index contributed by atoms with van der Waals surface area (Å²) in [5, 5.41) is 3.73. The van der Waals surface area contributed by atoms with E-state index in [0.717, 1.165) is 0 Å². The first-order valence-corrected chi connectivity index (χ1v) is 7.70. The van der Waals surface area contributed by atoms with Gasteiger partial charge in [0.05, 0.1) is 5.54 Å². The van der Waals surface area contributed by atoms with Gasteiger partial charge in [-0.2, -0.15) is 0 Å². The highest BCUT2D eigenvalue weighted by molar-refractivity contribution is 8.18. The zero-order valence-corrected chi connectivity index (χ0v) is 11.5. The number of hydrogen-bond acceptors (Lipinski definition) is 4. The lowest BCUT2D eigenvalue weighted by atomic mass is 10.0. The van der Waals surface area contributed by atoms with Crippen LogP contribution in [0.4, 0.5) is 0 Å². The van der Waals surface area contributed by atoms with E-state index in [1.807, 2.05) is 30.6 Å². The van der Waals surface area contributed by atoms with Crippen LogP contribution >= 0.6 is 23.5 Å². The van der Waals surface area contributed by atoms with Crippen LogP contribution in [-0.4, -0.2) is 34.5 Å². The Bertz CT molecular complexity index is 231. The van der Waals surface area contributed by atoms with Gasteiger partial charge >= 0.3 is 0 Å². The maximum absolute atomic E-state index is 5.88. The van der Waals surface area contributed by atoms with Crippen LogP contribution in [0.15, 0.2) is 0 Å². The van der Waals surface area contributed by atoms with Crippen LogP contribution in [0.25, 0.3) is 0 Å². The second-order valence-corrected chi connectivity index (χ2v) is 7.53. The molecule has 0 radical (unpaired) electrons. The summed E-state index contributed by atoms with van der Waals surface area (Å²) in [6.07, 6.45) is 3.80. The van der Waals surface area contributed by atoms with Crippen molar-refractivity contribution in [2.24, 2.45) is 0 Å². The highest BCUT2D eigenvalue weighted by Crippen LogP contribution is 2.53. The zero-order chi connectivity index (χ0) is 10.9.